The second kappa shape index (κ2) is 3.14. The molecule has 1 aromatic carbocycles. The van der Waals surface area contributed by atoms with Crippen LogP contribution in [0.2, 0.25) is 0 Å². The van der Waals surface area contributed by atoms with E-state index < -0.39 is 10.7 Å². The van der Waals surface area contributed by atoms with Crippen molar-refractivity contribution in [2.24, 2.45) is 0 Å². The van der Waals surface area contributed by atoms with Crippen LogP contribution in [0.4, 0.5) is 0 Å². The Bertz CT molecular complexity index is 512. The Kier molecular flexibility index (Phi) is 1.98. The Morgan fingerprint density at radius 1 is 1.15 bits per heavy atom. The molecule has 2 rings (SSSR count). The van der Waals surface area contributed by atoms with E-state index in [2.05, 4.69) is 4.98 Å². The van der Waals surface area contributed by atoms with Crippen molar-refractivity contribution in [1.29, 1.82) is 0 Å². The van der Waals surface area contributed by atoms with Crippen LogP contribution >= 0.6 is 0 Å². The maximum atomic E-state index is 10.7. The molecule has 0 saturated carbocycles. The fourth-order valence-electron chi connectivity index (χ4n) is 1.18. The van der Waals surface area contributed by atoms with E-state index >= 15 is 0 Å². The molecule has 4 heteroatoms. The summed E-state index contributed by atoms with van der Waals surface area (Å²) in [6, 6.07) is 8.50. The monoisotopic (exact) mass is 193 g/mol. The van der Waals surface area contributed by atoms with Crippen LogP contribution in [0.3, 0.4) is 0 Å². The van der Waals surface area contributed by atoms with Gasteiger partial charge in [-0.2, -0.15) is 0 Å². The number of rotatable bonds is 1. The second-order valence-electron chi connectivity index (χ2n) is 2.64. The first-order valence-corrected chi connectivity index (χ1v) is 4.94. The van der Waals surface area contributed by atoms with Crippen LogP contribution in [0.25, 0.3) is 10.9 Å². The highest BCUT2D eigenvalue weighted by atomic mass is 32.2. The van der Waals surface area contributed by atoms with Crippen LogP contribution in [-0.2, 0) is 10.7 Å². The van der Waals surface area contributed by atoms with Gasteiger partial charge in [-0.05, 0) is 24.3 Å². The third-order valence-electron chi connectivity index (χ3n) is 1.80. The average molecular weight is 193 g/mol. The van der Waals surface area contributed by atoms with Crippen LogP contribution in [0.15, 0.2) is 41.4 Å². The van der Waals surface area contributed by atoms with E-state index in [-0.39, 0.29) is 0 Å². The third kappa shape index (κ3) is 1.53. The second-order valence-corrected chi connectivity index (χ2v) is 3.67. The third-order valence-corrected chi connectivity index (χ3v) is 2.50. The molecule has 0 aliphatic rings. The summed E-state index contributed by atoms with van der Waals surface area (Å²) in [5.41, 5.74) is 0.808. The summed E-state index contributed by atoms with van der Waals surface area (Å²) in [7, 11) is -2.50. The number of hydrogen-bond donors (Lipinski definition) is 1. The lowest BCUT2D eigenvalue weighted by Gasteiger charge is -1.95. The molecule has 3 nitrogen and oxygen atoms in total. The minimum atomic E-state index is -2.50. The van der Waals surface area contributed by atoms with Gasteiger partial charge in [0.2, 0.25) is 0 Å². The van der Waals surface area contributed by atoms with Crippen molar-refractivity contribution in [3.63, 3.8) is 0 Å². The Hall–Kier alpha value is -1.42. The van der Waals surface area contributed by atoms with Gasteiger partial charge < -0.3 is 0 Å². The van der Waals surface area contributed by atoms with Crippen molar-refractivity contribution in [2.75, 3.05) is 0 Å². The van der Waals surface area contributed by atoms with E-state index in [9.17, 15) is 8.42 Å². The summed E-state index contributed by atoms with van der Waals surface area (Å²) >= 11 is 0. The highest BCUT2D eigenvalue weighted by Gasteiger charge is 1.97. The van der Waals surface area contributed by atoms with Gasteiger partial charge in [-0.1, -0.05) is 6.07 Å². The van der Waals surface area contributed by atoms with Gasteiger partial charge in [0.25, 0.3) is 0 Å². The fourth-order valence-corrected chi connectivity index (χ4v) is 1.62. The van der Waals surface area contributed by atoms with Gasteiger partial charge in [0.1, 0.15) is 0 Å². The van der Waals surface area contributed by atoms with Gasteiger partial charge >= 0.3 is 0 Å². The van der Waals surface area contributed by atoms with E-state index in [1.165, 1.54) is 0 Å². The molecule has 13 heavy (non-hydrogen) atoms. The Balaban J connectivity index is 2.76. The topological polar surface area (TPSA) is 47.0 Å². The molecular formula is C9H7NO2S. The normalized spacial score (nSPS) is 10.8. The number of nitrogens with zero attached hydrogens (tertiary/aromatic N) is 1. The largest absolute Gasteiger partial charge is 0.256 e. The first kappa shape index (κ1) is 8.19. The molecule has 0 spiro atoms. The SMILES string of the molecule is O=[SH](=O)c1ccc2ncccc2c1. The smallest absolute Gasteiger partial charge is 0.168 e. The number of aromatic nitrogens is 1. The quantitative estimate of drug-likeness (QED) is 0.692. The van der Waals surface area contributed by atoms with Crippen molar-refractivity contribution in [3.8, 4) is 0 Å². The molecule has 0 aliphatic carbocycles. The number of pyridine rings is 1. The van der Waals surface area contributed by atoms with E-state index in [0.29, 0.717) is 4.90 Å². The van der Waals surface area contributed by atoms with Gasteiger partial charge in [0.15, 0.2) is 10.7 Å². The van der Waals surface area contributed by atoms with Crippen molar-refractivity contribution < 1.29 is 8.42 Å². The summed E-state index contributed by atoms with van der Waals surface area (Å²) < 4.78 is 21.3. The predicted molar refractivity (Wildman–Crippen MR) is 50.3 cm³/mol. The molecule has 0 saturated heterocycles. The van der Waals surface area contributed by atoms with Crippen LogP contribution < -0.4 is 0 Å². The van der Waals surface area contributed by atoms with Crippen LogP contribution in [-0.4, -0.2) is 13.4 Å². The van der Waals surface area contributed by atoms with Crippen LogP contribution in [0, 0.1) is 0 Å². The lowest BCUT2D eigenvalue weighted by atomic mass is 10.2. The van der Waals surface area contributed by atoms with Crippen LogP contribution in [0.5, 0.6) is 0 Å². The summed E-state index contributed by atoms with van der Waals surface area (Å²) in [5, 5.41) is 0.846. The molecule has 0 unspecified atom stereocenters. The first-order chi connectivity index (χ1) is 6.27. The first-order valence-electron chi connectivity index (χ1n) is 3.76. The van der Waals surface area contributed by atoms with Crippen molar-refractivity contribution in [3.05, 3.63) is 36.5 Å². The zero-order valence-corrected chi connectivity index (χ0v) is 7.57. The molecule has 0 amide bonds. The molecule has 0 aliphatic heterocycles. The Morgan fingerprint density at radius 2 is 2.00 bits per heavy atom. The van der Waals surface area contributed by atoms with E-state index in [4.69, 9.17) is 0 Å². The molecular weight excluding hydrogens is 186 g/mol. The average Bonchev–Trinajstić information content (AvgIpc) is 2.17. The maximum Gasteiger partial charge on any atom is 0.168 e. The van der Waals surface area contributed by atoms with E-state index in [1.54, 1.807) is 30.5 Å². The Labute approximate surface area is 77.0 Å². The van der Waals surface area contributed by atoms with Crippen molar-refractivity contribution in [2.45, 2.75) is 4.90 Å². The summed E-state index contributed by atoms with van der Waals surface area (Å²) in [6.07, 6.45) is 1.68. The van der Waals surface area contributed by atoms with Gasteiger partial charge in [-0.15, -0.1) is 0 Å². The van der Waals surface area contributed by atoms with Gasteiger partial charge in [-0.3, -0.25) is 4.98 Å². The number of benzene rings is 1. The summed E-state index contributed by atoms with van der Waals surface area (Å²) in [4.78, 5) is 4.41. The highest BCUT2D eigenvalue weighted by molar-refractivity contribution is 7.72. The molecule has 1 heterocycles. The standard InChI is InChI=1S/C9H7NO2S/c11-13(12)8-3-4-9-7(6-8)2-1-5-10-9/h1-6,13H. The summed E-state index contributed by atoms with van der Waals surface area (Å²) in [6.45, 7) is 0. The van der Waals surface area contributed by atoms with Crippen molar-refractivity contribution in [1.82, 2.24) is 4.98 Å². The zero-order chi connectivity index (χ0) is 9.26. The molecule has 2 aromatic rings. The molecule has 0 bridgehead atoms. The highest BCUT2D eigenvalue weighted by Crippen LogP contribution is 2.13. The lowest BCUT2D eigenvalue weighted by Crippen LogP contribution is -1.82. The lowest BCUT2D eigenvalue weighted by molar-refractivity contribution is 0.614. The number of fused-ring (bicyclic) bond motifs is 1. The van der Waals surface area contributed by atoms with Gasteiger partial charge in [0, 0.05) is 11.6 Å². The molecule has 0 N–H and O–H groups in total. The molecule has 0 fully saturated rings. The molecule has 1 aromatic heterocycles. The number of hydrogen-bond acceptors (Lipinski definition) is 3. The maximum absolute atomic E-state index is 10.7. The molecule has 0 atom stereocenters. The van der Waals surface area contributed by atoms with E-state index in [0.717, 1.165) is 10.9 Å². The fraction of sp³-hybridized carbons (Fsp3) is 0. The van der Waals surface area contributed by atoms with Gasteiger partial charge in [0.05, 0.1) is 10.4 Å². The van der Waals surface area contributed by atoms with Gasteiger partial charge in [-0.25, -0.2) is 8.42 Å². The predicted octanol–water partition coefficient (Wildman–Crippen LogP) is 1.21. The molecule has 0 radical (unpaired) electrons. The zero-order valence-electron chi connectivity index (χ0n) is 6.68. The number of thiol groups is 1. The van der Waals surface area contributed by atoms with Crippen molar-refractivity contribution >= 4 is 21.6 Å². The molecule has 66 valence electrons. The Morgan fingerprint density at radius 3 is 2.77 bits per heavy atom. The minimum Gasteiger partial charge on any atom is -0.256 e. The van der Waals surface area contributed by atoms with Crippen LogP contribution in [0.1, 0.15) is 0 Å². The van der Waals surface area contributed by atoms with E-state index in [1.807, 2.05) is 6.07 Å². The minimum absolute atomic E-state index is 0.329. The summed E-state index contributed by atoms with van der Waals surface area (Å²) in [5.74, 6) is 0.